The van der Waals surface area contributed by atoms with Crippen LogP contribution in [0.3, 0.4) is 0 Å². The third-order valence-corrected chi connectivity index (χ3v) is 7.87. The third-order valence-electron chi connectivity index (χ3n) is 6.02. The standard InChI is InChI=1S/C25H22F2N6O3S/c26-20-13-19(14-21(27)15-20)23-22(16-30-33(24(23)34)25-28-7-4-8-29-25)31-9-11-32(12-10-31)37(35,36)17-18-5-2-1-3-6-18/h1-8,13-16H,9-12,17H2. The van der Waals surface area contributed by atoms with Crippen molar-refractivity contribution in [1.82, 2.24) is 24.1 Å². The molecule has 2 aromatic heterocycles. The van der Waals surface area contributed by atoms with Gasteiger partial charge in [-0.25, -0.2) is 27.2 Å². The lowest BCUT2D eigenvalue weighted by molar-refractivity contribution is 0.384. The molecule has 2 aromatic carbocycles. The van der Waals surface area contributed by atoms with Gasteiger partial charge in [0, 0.05) is 44.6 Å². The van der Waals surface area contributed by atoms with Gasteiger partial charge in [-0.2, -0.15) is 14.1 Å². The maximum absolute atomic E-state index is 14.1. The van der Waals surface area contributed by atoms with E-state index in [1.807, 2.05) is 6.07 Å². The first-order valence-corrected chi connectivity index (χ1v) is 13.1. The van der Waals surface area contributed by atoms with E-state index in [2.05, 4.69) is 15.1 Å². The van der Waals surface area contributed by atoms with Crippen molar-refractivity contribution in [3.63, 3.8) is 0 Å². The van der Waals surface area contributed by atoms with Crippen LogP contribution < -0.4 is 10.5 Å². The molecule has 0 atom stereocenters. The van der Waals surface area contributed by atoms with Crippen LogP contribution in [0, 0.1) is 11.6 Å². The predicted molar refractivity (Wildman–Crippen MR) is 134 cm³/mol. The first-order valence-electron chi connectivity index (χ1n) is 11.4. The predicted octanol–water partition coefficient (Wildman–Crippen LogP) is 2.62. The van der Waals surface area contributed by atoms with Gasteiger partial charge in [0.2, 0.25) is 10.0 Å². The molecule has 12 heteroatoms. The summed E-state index contributed by atoms with van der Waals surface area (Å²) in [6.45, 7) is 0.867. The molecule has 0 saturated carbocycles. The Bertz CT molecular complexity index is 1560. The highest BCUT2D eigenvalue weighted by molar-refractivity contribution is 7.88. The van der Waals surface area contributed by atoms with Crippen LogP contribution in [0.1, 0.15) is 5.56 Å². The normalized spacial score (nSPS) is 14.6. The van der Waals surface area contributed by atoms with Crippen molar-refractivity contribution in [2.75, 3.05) is 31.1 Å². The van der Waals surface area contributed by atoms with Crippen LogP contribution in [0.15, 0.2) is 78.0 Å². The zero-order valence-electron chi connectivity index (χ0n) is 19.5. The number of hydrogen-bond donors (Lipinski definition) is 0. The van der Waals surface area contributed by atoms with Gasteiger partial charge in [0.15, 0.2) is 0 Å². The van der Waals surface area contributed by atoms with E-state index < -0.39 is 27.2 Å². The van der Waals surface area contributed by atoms with E-state index in [-0.39, 0.29) is 49.0 Å². The molecule has 0 bridgehead atoms. The first-order chi connectivity index (χ1) is 17.8. The highest BCUT2D eigenvalue weighted by Crippen LogP contribution is 2.30. The molecule has 0 radical (unpaired) electrons. The summed E-state index contributed by atoms with van der Waals surface area (Å²) in [5.41, 5.74) is 0.413. The molecule has 1 fully saturated rings. The molecule has 0 aliphatic carbocycles. The summed E-state index contributed by atoms with van der Waals surface area (Å²) in [6.07, 6.45) is 4.30. The molecule has 1 aliphatic rings. The molecule has 0 unspecified atom stereocenters. The molecule has 3 heterocycles. The monoisotopic (exact) mass is 524 g/mol. The van der Waals surface area contributed by atoms with Crippen LogP contribution in [-0.4, -0.2) is 58.7 Å². The van der Waals surface area contributed by atoms with Crippen molar-refractivity contribution < 1.29 is 17.2 Å². The van der Waals surface area contributed by atoms with Gasteiger partial charge in [0.1, 0.15) is 11.6 Å². The van der Waals surface area contributed by atoms with Gasteiger partial charge in [0.05, 0.1) is 23.2 Å². The van der Waals surface area contributed by atoms with Crippen LogP contribution in [0.25, 0.3) is 17.1 Å². The van der Waals surface area contributed by atoms with Crippen molar-refractivity contribution in [3.05, 3.63) is 101 Å². The average molecular weight is 525 g/mol. The summed E-state index contributed by atoms with van der Waals surface area (Å²) >= 11 is 0. The van der Waals surface area contributed by atoms with E-state index >= 15 is 0 Å². The zero-order chi connectivity index (χ0) is 26.0. The van der Waals surface area contributed by atoms with Gasteiger partial charge in [0.25, 0.3) is 11.5 Å². The topological polar surface area (TPSA) is 101 Å². The fourth-order valence-electron chi connectivity index (χ4n) is 4.28. The Hall–Kier alpha value is -4.03. The largest absolute Gasteiger partial charge is 0.367 e. The number of benzene rings is 2. The fourth-order valence-corrected chi connectivity index (χ4v) is 5.80. The van der Waals surface area contributed by atoms with E-state index in [9.17, 15) is 22.0 Å². The van der Waals surface area contributed by atoms with Gasteiger partial charge in [-0.1, -0.05) is 30.3 Å². The van der Waals surface area contributed by atoms with Crippen molar-refractivity contribution in [3.8, 4) is 17.1 Å². The SMILES string of the molecule is O=c1c(-c2cc(F)cc(F)c2)c(N2CCN(S(=O)(=O)Cc3ccccc3)CC2)cnn1-c1ncccn1. The zero-order valence-corrected chi connectivity index (χ0v) is 20.4. The maximum Gasteiger partial charge on any atom is 0.284 e. The van der Waals surface area contributed by atoms with E-state index in [1.54, 1.807) is 35.2 Å². The summed E-state index contributed by atoms with van der Waals surface area (Å²) in [6, 6.07) is 13.4. The lowest BCUT2D eigenvalue weighted by atomic mass is 10.0. The summed E-state index contributed by atoms with van der Waals surface area (Å²) in [5, 5.41) is 4.20. The molecule has 0 amide bonds. The van der Waals surface area contributed by atoms with Gasteiger partial charge in [-0.15, -0.1) is 0 Å². The van der Waals surface area contributed by atoms with Crippen LogP contribution in [0.2, 0.25) is 0 Å². The van der Waals surface area contributed by atoms with Crippen molar-refractivity contribution in [2.45, 2.75) is 5.75 Å². The number of rotatable bonds is 6. The van der Waals surface area contributed by atoms with Gasteiger partial charge < -0.3 is 4.90 Å². The molecule has 0 spiro atoms. The third kappa shape index (κ3) is 5.25. The Balaban J connectivity index is 1.48. The lowest BCUT2D eigenvalue weighted by Crippen LogP contribution is -2.49. The minimum atomic E-state index is -3.56. The molecular weight excluding hydrogens is 502 g/mol. The lowest BCUT2D eigenvalue weighted by Gasteiger charge is -2.36. The van der Waals surface area contributed by atoms with Gasteiger partial charge in [-0.3, -0.25) is 4.79 Å². The molecule has 4 aromatic rings. The highest BCUT2D eigenvalue weighted by atomic mass is 32.2. The Morgan fingerprint density at radius 1 is 0.865 bits per heavy atom. The van der Waals surface area contributed by atoms with Crippen molar-refractivity contribution in [2.24, 2.45) is 0 Å². The minimum Gasteiger partial charge on any atom is -0.367 e. The number of sulfonamides is 1. The van der Waals surface area contributed by atoms with Crippen LogP contribution >= 0.6 is 0 Å². The van der Waals surface area contributed by atoms with Crippen LogP contribution in [0.4, 0.5) is 14.5 Å². The average Bonchev–Trinajstić information content (AvgIpc) is 2.89. The van der Waals surface area contributed by atoms with Crippen molar-refractivity contribution in [1.29, 1.82) is 0 Å². The number of hydrogen-bond acceptors (Lipinski definition) is 7. The van der Waals surface area contributed by atoms with E-state index in [4.69, 9.17) is 0 Å². The highest BCUT2D eigenvalue weighted by Gasteiger charge is 2.29. The molecule has 0 N–H and O–H groups in total. The summed E-state index contributed by atoms with van der Waals surface area (Å²) in [5.74, 6) is -1.78. The first kappa shape index (κ1) is 24.7. The fraction of sp³-hybridized carbons (Fsp3) is 0.200. The van der Waals surface area contributed by atoms with Crippen LogP contribution in [-0.2, 0) is 15.8 Å². The maximum atomic E-state index is 14.1. The minimum absolute atomic E-state index is 0.00833. The Morgan fingerprint density at radius 2 is 1.51 bits per heavy atom. The van der Waals surface area contributed by atoms with Crippen molar-refractivity contribution >= 4 is 15.7 Å². The summed E-state index contributed by atoms with van der Waals surface area (Å²) in [7, 11) is -3.56. The number of piperazine rings is 1. The second-order valence-electron chi connectivity index (χ2n) is 8.46. The number of nitrogens with zero attached hydrogens (tertiary/aromatic N) is 6. The van der Waals surface area contributed by atoms with E-state index in [0.29, 0.717) is 11.3 Å². The molecule has 190 valence electrons. The number of halogens is 2. The summed E-state index contributed by atoms with van der Waals surface area (Å²) < 4.78 is 56.5. The molecule has 9 nitrogen and oxygen atoms in total. The summed E-state index contributed by atoms with van der Waals surface area (Å²) in [4.78, 5) is 23.4. The van der Waals surface area contributed by atoms with E-state index in [1.165, 1.54) is 22.9 Å². The second kappa shape index (κ2) is 10.1. The molecule has 37 heavy (non-hydrogen) atoms. The second-order valence-corrected chi connectivity index (χ2v) is 10.4. The van der Waals surface area contributed by atoms with E-state index in [0.717, 1.165) is 22.9 Å². The van der Waals surface area contributed by atoms with Gasteiger partial charge in [-0.05, 0) is 29.3 Å². The number of anilines is 1. The Kier molecular flexibility index (Phi) is 6.76. The Labute approximate surface area is 211 Å². The van der Waals surface area contributed by atoms with Gasteiger partial charge >= 0.3 is 0 Å². The Morgan fingerprint density at radius 3 is 2.16 bits per heavy atom. The molecule has 1 saturated heterocycles. The molecule has 1 aliphatic heterocycles. The quantitative estimate of drug-likeness (QED) is 0.382. The van der Waals surface area contributed by atoms with Crippen LogP contribution in [0.5, 0.6) is 0 Å². The smallest absolute Gasteiger partial charge is 0.284 e. The molecule has 5 rings (SSSR count). The number of aromatic nitrogens is 4. The molecular formula is C25H22F2N6O3S.